The van der Waals surface area contributed by atoms with Gasteiger partial charge in [-0.3, -0.25) is 34.9 Å². The van der Waals surface area contributed by atoms with Gasteiger partial charge in [-0.2, -0.15) is 0 Å². The van der Waals surface area contributed by atoms with Crippen LogP contribution in [0.1, 0.15) is 16.8 Å². The van der Waals surface area contributed by atoms with Gasteiger partial charge in [0, 0.05) is 24.1 Å². The van der Waals surface area contributed by atoms with Crippen LogP contribution in [0, 0.1) is 16.0 Å². The molecule has 2 N–H and O–H groups in total. The number of carboxylic acids is 1. The quantitative estimate of drug-likeness (QED) is 0.601. The molecule has 2 amide bonds. The molecule has 0 bridgehead atoms. The molecule has 1 heterocycles. The van der Waals surface area contributed by atoms with Crippen LogP contribution in [0.15, 0.2) is 24.3 Å². The van der Waals surface area contributed by atoms with E-state index < -0.39 is 28.6 Å². The molecule has 0 aliphatic carbocycles. The van der Waals surface area contributed by atoms with Crippen molar-refractivity contribution in [2.75, 3.05) is 6.54 Å². The minimum Gasteiger partial charge on any atom is -0.481 e. The summed E-state index contributed by atoms with van der Waals surface area (Å²) in [4.78, 5) is 44.1. The van der Waals surface area contributed by atoms with Gasteiger partial charge in [-0.25, -0.2) is 0 Å². The standard InChI is InChI=1S/C12H11N3O6/c16-10-5-8(12(18)19)6-14(10)13-11(17)7-1-3-9(4-2-7)15(20)21/h1-4,8H,5-6H2,(H,13,17)(H,18,19). The molecule has 0 saturated carbocycles. The summed E-state index contributed by atoms with van der Waals surface area (Å²) in [5.74, 6) is -3.08. The number of carboxylic acid groups (broad SMARTS) is 1. The molecule has 0 radical (unpaired) electrons. The first-order valence-corrected chi connectivity index (χ1v) is 5.97. The van der Waals surface area contributed by atoms with Crippen LogP contribution in [-0.2, 0) is 9.59 Å². The van der Waals surface area contributed by atoms with Crippen molar-refractivity contribution in [1.29, 1.82) is 0 Å². The van der Waals surface area contributed by atoms with Crippen LogP contribution in [0.2, 0.25) is 0 Å². The number of nitro benzene ring substituents is 1. The van der Waals surface area contributed by atoms with Crippen molar-refractivity contribution in [3.05, 3.63) is 39.9 Å². The fourth-order valence-corrected chi connectivity index (χ4v) is 1.90. The topological polar surface area (TPSA) is 130 Å². The number of carbonyl (C=O) groups is 3. The number of hydrogen-bond acceptors (Lipinski definition) is 5. The number of nitro groups is 1. The fraction of sp³-hybridized carbons (Fsp3) is 0.250. The maximum atomic E-state index is 11.9. The molecule has 1 unspecified atom stereocenters. The van der Waals surface area contributed by atoms with E-state index in [4.69, 9.17) is 5.11 Å². The molecule has 1 aliphatic heterocycles. The Bertz CT molecular complexity index is 612. The molecule has 110 valence electrons. The summed E-state index contributed by atoms with van der Waals surface area (Å²) in [5.41, 5.74) is 2.26. The molecule has 1 saturated heterocycles. The highest BCUT2D eigenvalue weighted by atomic mass is 16.6. The van der Waals surface area contributed by atoms with Gasteiger partial charge in [-0.15, -0.1) is 0 Å². The van der Waals surface area contributed by atoms with Crippen LogP contribution in [0.25, 0.3) is 0 Å². The van der Waals surface area contributed by atoms with Crippen LogP contribution < -0.4 is 5.43 Å². The van der Waals surface area contributed by atoms with Crippen LogP contribution in [0.4, 0.5) is 5.69 Å². The highest BCUT2D eigenvalue weighted by Gasteiger charge is 2.35. The molecule has 9 heteroatoms. The van der Waals surface area contributed by atoms with E-state index in [9.17, 15) is 24.5 Å². The number of non-ortho nitro benzene ring substituents is 1. The number of benzene rings is 1. The molecule has 2 rings (SSSR count). The number of aliphatic carboxylic acids is 1. The molecule has 1 aromatic rings. The number of hydrogen-bond donors (Lipinski definition) is 2. The predicted molar refractivity (Wildman–Crippen MR) is 68.0 cm³/mol. The first-order valence-electron chi connectivity index (χ1n) is 5.97. The predicted octanol–water partition coefficient (Wildman–Crippen LogP) is 0.173. The summed E-state index contributed by atoms with van der Waals surface area (Å²) in [5, 5.41) is 20.3. The van der Waals surface area contributed by atoms with Crippen molar-refractivity contribution in [1.82, 2.24) is 10.4 Å². The monoisotopic (exact) mass is 293 g/mol. The Morgan fingerprint density at radius 2 is 1.95 bits per heavy atom. The van der Waals surface area contributed by atoms with Gasteiger partial charge in [0.05, 0.1) is 17.4 Å². The number of amides is 2. The van der Waals surface area contributed by atoms with Gasteiger partial charge in [-0.05, 0) is 12.1 Å². The lowest BCUT2D eigenvalue weighted by atomic mass is 10.1. The van der Waals surface area contributed by atoms with E-state index in [0.717, 1.165) is 5.01 Å². The van der Waals surface area contributed by atoms with E-state index >= 15 is 0 Å². The minimum atomic E-state index is -1.10. The lowest BCUT2D eigenvalue weighted by Crippen LogP contribution is -2.43. The van der Waals surface area contributed by atoms with Gasteiger partial charge in [0.15, 0.2) is 0 Å². The lowest BCUT2D eigenvalue weighted by molar-refractivity contribution is -0.384. The fourth-order valence-electron chi connectivity index (χ4n) is 1.90. The second-order valence-corrected chi connectivity index (χ2v) is 4.49. The third kappa shape index (κ3) is 3.14. The third-order valence-electron chi connectivity index (χ3n) is 3.05. The molecule has 0 spiro atoms. The van der Waals surface area contributed by atoms with Crippen molar-refractivity contribution < 1.29 is 24.4 Å². The SMILES string of the molecule is O=C(NN1CC(C(=O)O)CC1=O)c1ccc([N+](=O)[O-])cc1. The van der Waals surface area contributed by atoms with Crippen molar-refractivity contribution in [3.63, 3.8) is 0 Å². The first-order chi connectivity index (χ1) is 9.88. The third-order valence-corrected chi connectivity index (χ3v) is 3.05. The minimum absolute atomic E-state index is 0.104. The molecule has 1 atom stereocenters. The zero-order valence-electron chi connectivity index (χ0n) is 10.7. The maximum Gasteiger partial charge on any atom is 0.308 e. The van der Waals surface area contributed by atoms with E-state index in [0.29, 0.717) is 0 Å². The van der Waals surface area contributed by atoms with Crippen LogP contribution in [0.3, 0.4) is 0 Å². The van der Waals surface area contributed by atoms with Crippen molar-refractivity contribution >= 4 is 23.5 Å². The van der Waals surface area contributed by atoms with Gasteiger partial charge in [0.25, 0.3) is 11.6 Å². The molecule has 0 aromatic heterocycles. The second kappa shape index (κ2) is 5.57. The molecular formula is C12H11N3O6. The zero-order chi connectivity index (χ0) is 15.6. The Morgan fingerprint density at radius 3 is 2.43 bits per heavy atom. The van der Waals surface area contributed by atoms with Crippen LogP contribution >= 0.6 is 0 Å². The first kappa shape index (κ1) is 14.4. The van der Waals surface area contributed by atoms with E-state index in [1.807, 2.05) is 0 Å². The largest absolute Gasteiger partial charge is 0.481 e. The number of hydrazine groups is 1. The van der Waals surface area contributed by atoms with Gasteiger partial charge in [-0.1, -0.05) is 0 Å². The summed E-state index contributed by atoms with van der Waals surface area (Å²) >= 11 is 0. The number of nitrogens with zero attached hydrogens (tertiary/aromatic N) is 2. The Labute approximate surface area is 118 Å². The van der Waals surface area contributed by atoms with E-state index in [-0.39, 0.29) is 24.2 Å². The molecule has 21 heavy (non-hydrogen) atoms. The van der Waals surface area contributed by atoms with Gasteiger partial charge >= 0.3 is 5.97 Å². The highest BCUT2D eigenvalue weighted by molar-refractivity contribution is 5.96. The van der Waals surface area contributed by atoms with Gasteiger partial charge < -0.3 is 5.11 Å². The molecule has 9 nitrogen and oxygen atoms in total. The molecule has 1 aliphatic rings. The van der Waals surface area contributed by atoms with Crippen molar-refractivity contribution in [2.45, 2.75) is 6.42 Å². The average Bonchev–Trinajstić information content (AvgIpc) is 2.80. The van der Waals surface area contributed by atoms with Gasteiger partial charge in [0.1, 0.15) is 0 Å². The Hall–Kier alpha value is -2.97. The lowest BCUT2D eigenvalue weighted by Gasteiger charge is -2.17. The van der Waals surface area contributed by atoms with E-state index in [1.165, 1.54) is 24.3 Å². The summed E-state index contributed by atoms with van der Waals surface area (Å²) in [7, 11) is 0. The maximum absolute atomic E-state index is 11.9. The number of rotatable bonds is 4. The van der Waals surface area contributed by atoms with Crippen LogP contribution in [0.5, 0.6) is 0 Å². The van der Waals surface area contributed by atoms with Crippen molar-refractivity contribution in [2.24, 2.45) is 5.92 Å². The smallest absolute Gasteiger partial charge is 0.308 e. The molecule has 1 fully saturated rings. The summed E-state index contributed by atoms with van der Waals surface area (Å²) in [6, 6.07) is 4.84. The summed E-state index contributed by atoms with van der Waals surface area (Å²) in [6.45, 7) is -0.104. The highest BCUT2D eigenvalue weighted by Crippen LogP contribution is 2.17. The average molecular weight is 293 g/mol. The normalized spacial score (nSPS) is 17.6. The summed E-state index contributed by atoms with van der Waals surface area (Å²) in [6.07, 6.45) is -0.171. The zero-order valence-corrected chi connectivity index (χ0v) is 10.7. The van der Waals surface area contributed by atoms with E-state index in [2.05, 4.69) is 5.43 Å². The Kier molecular flexibility index (Phi) is 3.83. The number of carbonyl (C=O) groups excluding carboxylic acids is 2. The van der Waals surface area contributed by atoms with Gasteiger partial charge in [0.2, 0.25) is 5.91 Å². The number of nitrogens with one attached hydrogen (secondary N) is 1. The summed E-state index contributed by atoms with van der Waals surface area (Å²) < 4.78 is 0. The second-order valence-electron chi connectivity index (χ2n) is 4.49. The Morgan fingerprint density at radius 1 is 1.33 bits per heavy atom. The molecule has 1 aromatic carbocycles. The Balaban J connectivity index is 2.03. The van der Waals surface area contributed by atoms with Crippen LogP contribution in [-0.4, -0.2) is 39.4 Å². The molecular weight excluding hydrogens is 282 g/mol. The van der Waals surface area contributed by atoms with E-state index in [1.54, 1.807) is 0 Å². The van der Waals surface area contributed by atoms with Crippen molar-refractivity contribution in [3.8, 4) is 0 Å².